The predicted octanol–water partition coefficient (Wildman–Crippen LogP) is 2.72. The first-order valence-corrected chi connectivity index (χ1v) is 7.76. The Morgan fingerprint density at radius 1 is 1.17 bits per heavy atom. The third-order valence-corrected chi connectivity index (χ3v) is 4.62. The minimum atomic E-state index is -0.231. The number of carbonyl (C=O) groups is 1. The standard InChI is InChI=1S/C17H27N3O.2ClH/c1-13(16(18)14-7-5-4-6-8-14)17(21)20-11-9-15(10-12-20)19(2)3;;/h4-8,13,15-16H,9-12,18H2,1-3H3;2*1H. The Balaban J connectivity index is 0.00000242. The van der Waals surface area contributed by atoms with Gasteiger partial charge in [0.25, 0.3) is 0 Å². The van der Waals surface area contributed by atoms with Crippen molar-refractivity contribution in [3.63, 3.8) is 0 Å². The molecule has 2 unspecified atom stereocenters. The van der Waals surface area contributed by atoms with Gasteiger partial charge in [0.1, 0.15) is 0 Å². The maximum atomic E-state index is 12.6. The van der Waals surface area contributed by atoms with Crippen LogP contribution in [0.25, 0.3) is 0 Å². The van der Waals surface area contributed by atoms with Gasteiger partial charge in [0.05, 0.1) is 5.92 Å². The van der Waals surface area contributed by atoms with Crippen LogP contribution < -0.4 is 5.73 Å². The first-order valence-electron chi connectivity index (χ1n) is 7.76. The number of likely N-dealkylation sites (tertiary alicyclic amines) is 1. The Hall–Kier alpha value is -0.810. The van der Waals surface area contributed by atoms with Gasteiger partial charge in [-0.25, -0.2) is 0 Å². The van der Waals surface area contributed by atoms with Crippen LogP contribution in [0.5, 0.6) is 0 Å². The van der Waals surface area contributed by atoms with Gasteiger partial charge in [-0.05, 0) is 32.5 Å². The second kappa shape index (κ2) is 10.1. The van der Waals surface area contributed by atoms with Crippen molar-refractivity contribution in [2.24, 2.45) is 11.7 Å². The van der Waals surface area contributed by atoms with E-state index < -0.39 is 0 Å². The summed E-state index contributed by atoms with van der Waals surface area (Å²) in [4.78, 5) is 16.9. The van der Waals surface area contributed by atoms with Crippen molar-refractivity contribution in [1.82, 2.24) is 9.80 Å². The minimum absolute atomic E-state index is 0. The number of hydrogen-bond acceptors (Lipinski definition) is 3. The summed E-state index contributed by atoms with van der Waals surface area (Å²) in [7, 11) is 4.21. The molecule has 23 heavy (non-hydrogen) atoms. The molecule has 4 nitrogen and oxygen atoms in total. The molecule has 2 N–H and O–H groups in total. The fraction of sp³-hybridized carbons (Fsp3) is 0.588. The van der Waals surface area contributed by atoms with E-state index in [2.05, 4.69) is 19.0 Å². The lowest BCUT2D eigenvalue weighted by molar-refractivity contribution is -0.137. The molecule has 0 spiro atoms. The second-order valence-electron chi connectivity index (χ2n) is 6.25. The fourth-order valence-corrected chi connectivity index (χ4v) is 3.01. The molecule has 0 aromatic heterocycles. The second-order valence-corrected chi connectivity index (χ2v) is 6.25. The highest BCUT2D eigenvalue weighted by Crippen LogP contribution is 2.23. The number of piperidine rings is 1. The predicted molar refractivity (Wildman–Crippen MR) is 100 cm³/mol. The number of nitrogens with two attached hydrogens (primary N) is 1. The molecule has 0 bridgehead atoms. The first kappa shape index (κ1) is 22.2. The van der Waals surface area contributed by atoms with E-state index >= 15 is 0 Å². The highest BCUT2D eigenvalue weighted by atomic mass is 35.5. The van der Waals surface area contributed by atoms with Crippen LogP contribution in [-0.2, 0) is 4.79 Å². The molecule has 1 aromatic rings. The molecule has 0 aliphatic carbocycles. The Labute approximate surface area is 152 Å². The first-order chi connectivity index (χ1) is 10.0. The third kappa shape index (κ3) is 5.64. The van der Waals surface area contributed by atoms with Crippen LogP contribution in [0.3, 0.4) is 0 Å². The van der Waals surface area contributed by atoms with E-state index in [1.165, 1.54) is 0 Å². The molecule has 132 valence electrons. The zero-order valence-corrected chi connectivity index (χ0v) is 15.8. The van der Waals surface area contributed by atoms with E-state index in [0.717, 1.165) is 31.5 Å². The van der Waals surface area contributed by atoms with Crippen LogP contribution in [0, 0.1) is 5.92 Å². The maximum Gasteiger partial charge on any atom is 0.227 e. The zero-order valence-electron chi connectivity index (χ0n) is 14.1. The smallest absolute Gasteiger partial charge is 0.227 e. The molecule has 2 rings (SSSR count). The lowest BCUT2D eigenvalue weighted by atomic mass is 9.93. The van der Waals surface area contributed by atoms with Crippen LogP contribution in [-0.4, -0.2) is 48.9 Å². The Bertz CT molecular complexity index is 462. The van der Waals surface area contributed by atoms with Crippen LogP contribution >= 0.6 is 24.8 Å². The van der Waals surface area contributed by atoms with E-state index in [9.17, 15) is 4.79 Å². The highest BCUT2D eigenvalue weighted by Gasteiger charge is 2.30. The number of rotatable bonds is 4. The van der Waals surface area contributed by atoms with Crippen molar-refractivity contribution in [3.8, 4) is 0 Å². The SMILES string of the molecule is CC(C(=O)N1CCC(N(C)C)CC1)C(N)c1ccccc1.Cl.Cl. The molecule has 1 heterocycles. The minimum Gasteiger partial charge on any atom is -0.342 e. The third-order valence-electron chi connectivity index (χ3n) is 4.62. The van der Waals surface area contributed by atoms with Crippen molar-refractivity contribution in [1.29, 1.82) is 0 Å². The summed E-state index contributed by atoms with van der Waals surface area (Å²) in [5, 5.41) is 0. The van der Waals surface area contributed by atoms with Crippen LogP contribution in [0.4, 0.5) is 0 Å². The fourth-order valence-electron chi connectivity index (χ4n) is 3.01. The highest BCUT2D eigenvalue weighted by molar-refractivity contribution is 5.85. The summed E-state index contributed by atoms with van der Waals surface area (Å²) < 4.78 is 0. The topological polar surface area (TPSA) is 49.6 Å². The molecule has 0 saturated carbocycles. The van der Waals surface area contributed by atoms with E-state index in [1.807, 2.05) is 42.2 Å². The molecule has 1 aromatic carbocycles. The van der Waals surface area contributed by atoms with Gasteiger partial charge < -0.3 is 15.5 Å². The van der Waals surface area contributed by atoms with Gasteiger partial charge in [-0.2, -0.15) is 0 Å². The molecule has 1 amide bonds. The average molecular weight is 362 g/mol. The number of hydrogen-bond donors (Lipinski definition) is 1. The molecule has 0 radical (unpaired) electrons. The van der Waals surface area contributed by atoms with Gasteiger partial charge in [-0.3, -0.25) is 4.79 Å². The monoisotopic (exact) mass is 361 g/mol. The Kier molecular flexibility index (Phi) is 9.78. The summed E-state index contributed by atoms with van der Waals surface area (Å²) in [6.45, 7) is 3.62. The molecule has 1 fully saturated rings. The average Bonchev–Trinajstić information content (AvgIpc) is 2.53. The lowest BCUT2D eigenvalue weighted by Crippen LogP contribution is -2.47. The quantitative estimate of drug-likeness (QED) is 0.896. The number of amides is 1. The van der Waals surface area contributed by atoms with Crippen molar-refractivity contribution >= 4 is 30.7 Å². The largest absolute Gasteiger partial charge is 0.342 e. The van der Waals surface area contributed by atoms with Gasteiger partial charge in [-0.15, -0.1) is 24.8 Å². The molecular weight excluding hydrogens is 333 g/mol. The number of nitrogens with zero attached hydrogens (tertiary/aromatic N) is 2. The van der Waals surface area contributed by atoms with Gasteiger partial charge in [0, 0.05) is 25.2 Å². The number of carbonyl (C=O) groups excluding carboxylic acids is 1. The normalized spacial score (nSPS) is 17.9. The van der Waals surface area contributed by atoms with Crippen molar-refractivity contribution in [2.75, 3.05) is 27.2 Å². The van der Waals surface area contributed by atoms with Crippen LogP contribution in [0.1, 0.15) is 31.4 Å². The Morgan fingerprint density at radius 3 is 2.17 bits per heavy atom. The maximum absolute atomic E-state index is 12.6. The molecule has 1 saturated heterocycles. The summed E-state index contributed by atoms with van der Waals surface area (Å²) in [5.41, 5.74) is 7.30. The zero-order chi connectivity index (χ0) is 15.4. The van der Waals surface area contributed by atoms with E-state index in [0.29, 0.717) is 6.04 Å². The van der Waals surface area contributed by atoms with Gasteiger partial charge >= 0.3 is 0 Å². The Morgan fingerprint density at radius 2 is 1.70 bits per heavy atom. The molecule has 6 heteroatoms. The molecule has 2 atom stereocenters. The number of benzene rings is 1. The van der Waals surface area contributed by atoms with E-state index in [4.69, 9.17) is 5.73 Å². The summed E-state index contributed by atoms with van der Waals surface area (Å²) in [6, 6.07) is 10.2. The van der Waals surface area contributed by atoms with Crippen molar-refractivity contribution in [2.45, 2.75) is 31.8 Å². The molecule has 1 aliphatic rings. The van der Waals surface area contributed by atoms with Gasteiger partial charge in [-0.1, -0.05) is 37.3 Å². The van der Waals surface area contributed by atoms with E-state index in [1.54, 1.807) is 0 Å². The van der Waals surface area contributed by atoms with E-state index in [-0.39, 0.29) is 42.7 Å². The summed E-state index contributed by atoms with van der Waals surface area (Å²) in [6.07, 6.45) is 2.10. The number of halogens is 2. The molecular formula is C17H29Cl2N3O. The van der Waals surface area contributed by atoms with Crippen LogP contribution in [0.15, 0.2) is 30.3 Å². The van der Waals surface area contributed by atoms with Crippen molar-refractivity contribution in [3.05, 3.63) is 35.9 Å². The molecule has 1 aliphatic heterocycles. The summed E-state index contributed by atoms with van der Waals surface area (Å²) in [5.74, 6) is 0.00636. The van der Waals surface area contributed by atoms with Gasteiger partial charge in [0.15, 0.2) is 0 Å². The van der Waals surface area contributed by atoms with Crippen molar-refractivity contribution < 1.29 is 4.79 Å². The summed E-state index contributed by atoms with van der Waals surface area (Å²) >= 11 is 0. The van der Waals surface area contributed by atoms with Gasteiger partial charge in [0.2, 0.25) is 5.91 Å². The van der Waals surface area contributed by atoms with Crippen LogP contribution in [0.2, 0.25) is 0 Å². The lowest BCUT2D eigenvalue weighted by Gasteiger charge is -2.37.